The molecule has 5 nitrogen and oxygen atoms in total. The second kappa shape index (κ2) is 9.10. The first-order valence-electron chi connectivity index (χ1n) is 10.4. The van der Waals surface area contributed by atoms with Crippen LogP contribution in [0.2, 0.25) is 0 Å². The molecular weight excluding hydrogens is 400 g/mol. The largest absolute Gasteiger partial charge is 0.493 e. The number of rotatable bonds is 6. The average Bonchev–Trinajstić information content (AvgIpc) is 2.83. The summed E-state index contributed by atoms with van der Waals surface area (Å²) >= 11 is 0. The third-order valence-electron chi connectivity index (χ3n) is 5.64. The maximum Gasteiger partial charge on any atom is 0.254 e. The second-order valence-corrected chi connectivity index (χ2v) is 7.73. The minimum atomic E-state index is -0.0476. The fraction of sp³-hybridized carbons (Fsp3) is 0.185. The molecule has 3 aromatic carbocycles. The molecule has 1 amide bonds. The van der Waals surface area contributed by atoms with E-state index in [0.717, 1.165) is 27.6 Å². The number of aromatic nitrogens is 1. The number of amides is 1. The van der Waals surface area contributed by atoms with E-state index in [4.69, 9.17) is 14.5 Å². The van der Waals surface area contributed by atoms with Crippen molar-refractivity contribution in [2.75, 3.05) is 21.3 Å². The monoisotopic (exact) mass is 426 g/mol. The molecule has 0 spiro atoms. The fourth-order valence-corrected chi connectivity index (χ4v) is 3.82. The van der Waals surface area contributed by atoms with Gasteiger partial charge in [0, 0.05) is 24.5 Å². The Balaban J connectivity index is 1.77. The smallest absolute Gasteiger partial charge is 0.254 e. The van der Waals surface area contributed by atoms with Gasteiger partial charge in [-0.05, 0) is 48.4 Å². The van der Waals surface area contributed by atoms with Gasteiger partial charge in [-0.25, -0.2) is 4.98 Å². The lowest BCUT2D eigenvalue weighted by Crippen LogP contribution is -2.27. The summed E-state index contributed by atoms with van der Waals surface area (Å²) in [4.78, 5) is 20.1. The summed E-state index contributed by atoms with van der Waals surface area (Å²) in [7, 11) is 5.04. The number of methoxy groups -OCH3 is 2. The molecule has 0 radical (unpaired) electrons. The molecule has 0 aliphatic carbocycles. The van der Waals surface area contributed by atoms with E-state index >= 15 is 0 Å². The highest BCUT2D eigenvalue weighted by Crippen LogP contribution is 2.33. The van der Waals surface area contributed by atoms with Crippen molar-refractivity contribution in [3.8, 4) is 22.8 Å². The van der Waals surface area contributed by atoms with Crippen molar-refractivity contribution >= 4 is 16.8 Å². The third kappa shape index (κ3) is 4.14. The predicted octanol–water partition coefficient (Wildman–Crippen LogP) is 5.50. The van der Waals surface area contributed by atoms with E-state index < -0.39 is 0 Å². The van der Waals surface area contributed by atoms with Gasteiger partial charge in [-0.3, -0.25) is 4.79 Å². The van der Waals surface area contributed by atoms with Gasteiger partial charge >= 0.3 is 0 Å². The van der Waals surface area contributed by atoms with Gasteiger partial charge in [0.25, 0.3) is 5.91 Å². The Hall–Kier alpha value is -3.86. The van der Waals surface area contributed by atoms with Crippen LogP contribution in [0.15, 0.2) is 72.8 Å². The number of hydrogen-bond donors (Lipinski definition) is 0. The van der Waals surface area contributed by atoms with Crippen LogP contribution in [0.3, 0.4) is 0 Å². The summed E-state index contributed by atoms with van der Waals surface area (Å²) in [5, 5.41) is 0.832. The first kappa shape index (κ1) is 21.4. The van der Waals surface area contributed by atoms with E-state index in [2.05, 4.69) is 19.1 Å². The lowest BCUT2D eigenvalue weighted by molar-refractivity contribution is 0.0787. The maximum absolute atomic E-state index is 13.5. The van der Waals surface area contributed by atoms with Crippen molar-refractivity contribution in [3.63, 3.8) is 0 Å². The first-order chi connectivity index (χ1) is 15.5. The van der Waals surface area contributed by atoms with Gasteiger partial charge in [0.15, 0.2) is 11.5 Å². The van der Waals surface area contributed by atoms with Crippen LogP contribution in [-0.2, 0) is 6.54 Å². The Morgan fingerprint density at radius 1 is 0.906 bits per heavy atom. The number of para-hydroxylation sites is 1. The summed E-state index contributed by atoms with van der Waals surface area (Å²) < 4.78 is 10.8. The minimum absolute atomic E-state index is 0.0476. The van der Waals surface area contributed by atoms with E-state index in [1.807, 2.05) is 67.7 Å². The molecule has 1 heterocycles. The topological polar surface area (TPSA) is 51.7 Å². The summed E-state index contributed by atoms with van der Waals surface area (Å²) in [5.74, 6) is 1.21. The molecular formula is C27H26N2O3. The SMILES string of the molecule is COc1ccc(-c2cc(C(=O)N(C)Cc3ccccc3C)c3ccccc3n2)cc1OC. The van der Waals surface area contributed by atoms with Crippen molar-refractivity contribution < 1.29 is 14.3 Å². The van der Waals surface area contributed by atoms with Crippen LogP contribution in [0.4, 0.5) is 0 Å². The summed E-state index contributed by atoms with van der Waals surface area (Å²) in [6.07, 6.45) is 0. The number of nitrogens with zero attached hydrogens (tertiary/aromatic N) is 2. The van der Waals surface area contributed by atoms with Crippen LogP contribution in [0.1, 0.15) is 21.5 Å². The van der Waals surface area contributed by atoms with Gasteiger partial charge in [-0.15, -0.1) is 0 Å². The second-order valence-electron chi connectivity index (χ2n) is 7.73. The highest BCUT2D eigenvalue weighted by molar-refractivity contribution is 6.07. The van der Waals surface area contributed by atoms with E-state index in [1.54, 1.807) is 19.1 Å². The van der Waals surface area contributed by atoms with Gasteiger partial charge in [0.2, 0.25) is 0 Å². The molecule has 0 aliphatic heterocycles. The van der Waals surface area contributed by atoms with Crippen LogP contribution in [0, 0.1) is 6.92 Å². The molecule has 0 saturated heterocycles. The summed E-state index contributed by atoms with van der Waals surface area (Å²) in [6.45, 7) is 2.60. The number of aryl methyl sites for hydroxylation is 1. The third-order valence-corrected chi connectivity index (χ3v) is 5.64. The van der Waals surface area contributed by atoms with Crippen LogP contribution in [0.25, 0.3) is 22.2 Å². The summed E-state index contributed by atoms with van der Waals surface area (Å²) in [6, 6.07) is 23.3. The molecule has 0 unspecified atom stereocenters. The van der Waals surface area contributed by atoms with Crippen molar-refractivity contribution in [2.24, 2.45) is 0 Å². The van der Waals surface area contributed by atoms with Crippen molar-refractivity contribution in [2.45, 2.75) is 13.5 Å². The normalized spacial score (nSPS) is 10.8. The molecule has 162 valence electrons. The maximum atomic E-state index is 13.5. The van der Waals surface area contributed by atoms with E-state index in [0.29, 0.717) is 29.3 Å². The predicted molar refractivity (Wildman–Crippen MR) is 127 cm³/mol. The number of carbonyl (C=O) groups is 1. The van der Waals surface area contributed by atoms with Gasteiger partial charge in [-0.1, -0.05) is 42.5 Å². The Kier molecular flexibility index (Phi) is 6.08. The fourth-order valence-electron chi connectivity index (χ4n) is 3.82. The van der Waals surface area contributed by atoms with E-state index in [9.17, 15) is 4.79 Å². The number of fused-ring (bicyclic) bond motifs is 1. The van der Waals surface area contributed by atoms with Crippen LogP contribution in [0.5, 0.6) is 11.5 Å². The van der Waals surface area contributed by atoms with E-state index in [-0.39, 0.29) is 5.91 Å². The number of hydrogen-bond acceptors (Lipinski definition) is 4. The Bertz CT molecular complexity index is 1280. The molecule has 0 aliphatic rings. The number of carbonyl (C=O) groups excluding carboxylic acids is 1. The van der Waals surface area contributed by atoms with Gasteiger partial charge in [0.1, 0.15) is 0 Å². The Morgan fingerprint density at radius 2 is 1.62 bits per heavy atom. The molecule has 4 aromatic rings. The molecule has 0 atom stereocenters. The van der Waals surface area contributed by atoms with Crippen molar-refractivity contribution in [1.82, 2.24) is 9.88 Å². The lowest BCUT2D eigenvalue weighted by atomic mass is 10.0. The Morgan fingerprint density at radius 3 is 2.38 bits per heavy atom. The molecule has 1 aromatic heterocycles. The number of benzene rings is 3. The number of ether oxygens (including phenoxy) is 2. The van der Waals surface area contributed by atoms with Gasteiger partial charge < -0.3 is 14.4 Å². The average molecular weight is 427 g/mol. The first-order valence-corrected chi connectivity index (χ1v) is 10.4. The summed E-state index contributed by atoms with van der Waals surface area (Å²) in [5.41, 5.74) is 5.24. The molecule has 32 heavy (non-hydrogen) atoms. The molecule has 0 bridgehead atoms. The molecule has 0 saturated carbocycles. The standard InChI is InChI=1S/C27H26N2O3/c1-18-9-5-6-10-20(18)17-29(2)27(30)22-16-24(28-23-12-8-7-11-21(22)23)19-13-14-25(31-3)26(15-19)32-4/h5-16H,17H2,1-4H3. The zero-order valence-corrected chi connectivity index (χ0v) is 18.8. The van der Waals surface area contributed by atoms with E-state index in [1.165, 1.54) is 0 Å². The molecule has 5 heteroatoms. The highest BCUT2D eigenvalue weighted by Gasteiger charge is 2.19. The van der Waals surface area contributed by atoms with Crippen LogP contribution >= 0.6 is 0 Å². The quantitative estimate of drug-likeness (QED) is 0.409. The van der Waals surface area contributed by atoms with Crippen LogP contribution in [-0.4, -0.2) is 37.1 Å². The molecule has 0 fully saturated rings. The highest BCUT2D eigenvalue weighted by atomic mass is 16.5. The number of pyridine rings is 1. The van der Waals surface area contributed by atoms with Crippen LogP contribution < -0.4 is 9.47 Å². The minimum Gasteiger partial charge on any atom is -0.493 e. The zero-order chi connectivity index (χ0) is 22.7. The van der Waals surface area contributed by atoms with Crippen molar-refractivity contribution in [3.05, 3.63) is 89.5 Å². The molecule has 0 N–H and O–H groups in total. The molecule has 4 rings (SSSR count). The van der Waals surface area contributed by atoms with Crippen molar-refractivity contribution in [1.29, 1.82) is 0 Å². The van der Waals surface area contributed by atoms with Gasteiger partial charge in [0.05, 0.1) is 31.0 Å². The lowest BCUT2D eigenvalue weighted by Gasteiger charge is -2.20. The zero-order valence-electron chi connectivity index (χ0n) is 18.8. The van der Waals surface area contributed by atoms with Gasteiger partial charge in [-0.2, -0.15) is 0 Å². The Labute approximate surface area is 188 Å².